The summed E-state index contributed by atoms with van der Waals surface area (Å²) in [6.07, 6.45) is 3.14. The van der Waals surface area contributed by atoms with E-state index in [2.05, 4.69) is 20.7 Å². The topological polar surface area (TPSA) is 71.8 Å². The van der Waals surface area contributed by atoms with Gasteiger partial charge in [0.1, 0.15) is 12.7 Å². The Morgan fingerprint density at radius 2 is 2.44 bits per heavy atom. The fourth-order valence-corrected chi connectivity index (χ4v) is 1.49. The second kappa shape index (κ2) is 5.81. The van der Waals surface area contributed by atoms with Crippen molar-refractivity contribution >= 4 is 18.3 Å². The summed E-state index contributed by atoms with van der Waals surface area (Å²) in [7, 11) is 0. The fourth-order valence-electron chi connectivity index (χ4n) is 1.49. The van der Waals surface area contributed by atoms with E-state index >= 15 is 0 Å². The lowest BCUT2D eigenvalue weighted by Crippen LogP contribution is -2.52. The van der Waals surface area contributed by atoms with Crippen LogP contribution in [0.25, 0.3) is 0 Å². The number of carbonyl (C=O) groups excluding carboxylic acids is 1. The second-order valence-corrected chi connectivity index (χ2v) is 3.88. The molecule has 0 bridgehead atoms. The Morgan fingerprint density at radius 3 is 2.94 bits per heavy atom. The van der Waals surface area contributed by atoms with Crippen LogP contribution in [-0.2, 0) is 11.3 Å². The molecule has 16 heavy (non-hydrogen) atoms. The van der Waals surface area contributed by atoms with E-state index in [1.54, 1.807) is 11.0 Å². The highest BCUT2D eigenvalue weighted by Gasteiger charge is 2.25. The van der Waals surface area contributed by atoms with E-state index in [1.165, 1.54) is 6.33 Å². The number of carbonyl (C=O) groups is 1. The number of amides is 1. The van der Waals surface area contributed by atoms with Crippen LogP contribution >= 0.6 is 12.4 Å². The van der Waals surface area contributed by atoms with Crippen LogP contribution in [-0.4, -0.2) is 39.8 Å². The highest BCUT2D eigenvalue weighted by molar-refractivity contribution is 5.85. The summed E-state index contributed by atoms with van der Waals surface area (Å²) < 4.78 is 1.71. The van der Waals surface area contributed by atoms with E-state index in [0.717, 1.165) is 13.1 Å². The van der Waals surface area contributed by atoms with E-state index in [4.69, 9.17) is 0 Å². The lowest BCUT2D eigenvalue weighted by Gasteiger charge is -2.27. The van der Waals surface area contributed by atoms with Gasteiger partial charge >= 0.3 is 0 Å². The summed E-state index contributed by atoms with van der Waals surface area (Å²) in [5.41, 5.74) is 0. The molecule has 90 valence electrons. The van der Waals surface area contributed by atoms with Gasteiger partial charge in [-0.2, -0.15) is 5.10 Å². The molecule has 6 nitrogen and oxygen atoms in total. The van der Waals surface area contributed by atoms with Crippen molar-refractivity contribution < 1.29 is 4.79 Å². The first-order valence-corrected chi connectivity index (χ1v) is 5.09. The Bertz CT molecular complexity index is 325. The van der Waals surface area contributed by atoms with Crippen LogP contribution in [0.4, 0.5) is 0 Å². The van der Waals surface area contributed by atoms with Gasteiger partial charge in [-0.25, -0.2) is 4.98 Å². The van der Waals surface area contributed by atoms with Crippen molar-refractivity contribution in [2.75, 3.05) is 13.1 Å². The zero-order valence-corrected chi connectivity index (χ0v) is 9.91. The molecule has 1 saturated heterocycles. The fraction of sp³-hybridized carbons (Fsp3) is 0.667. The van der Waals surface area contributed by atoms with Crippen molar-refractivity contribution in [1.82, 2.24) is 25.4 Å². The minimum atomic E-state index is 0. The van der Waals surface area contributed by atoms with Gasteiger partial charge in [0.05, 0.1) is 12.5 Å². The van der Waals surface area contributed by atoms with Crippen molar-refractivity contribution in [3.05, 3.63) is 12.7 Å². The lowest BCUT2D eigenvalue weighted by atomic mass is 10.0. The molecule has 0 saturated carbocycles. The van der Waals surface area contributed by atoms with Crippen LogP contribution in [0.15, 0.2) is 12.7 Å². The summed E-state index contributed by atoms with van der Waals surface area (Å²) in [5.74, 6) is 0.268. The Labute approximate surface area is 100 Å². The number of hydrogen-bond acceptors (Lipinski definition) is 4. The quantitative estimate of drug-likeness (QED) is 0.745. The highest BCUT2D eigenvalue weighted by atomic mass is 35.5. The average molecular weight is 246 g/mol. The predicted octanol–water partition coefficient (Wildman–Crippen LogP) is -0.576. The zero-order valence-electron chi connectivity index (χ0n) is 9.09. The van der Waals surface area contributed by atoms with Crippen LogP contribution in [0.3, 0.4) is 0 Å². The molecule has 7 heteroatoms. The van der Waals surface area contributed by atoms with Gasteiger partial charge < -0.3 is 10.6 Å². The van der Waals surface area contributed by atoms with Gasteiger partial charge in [0, 0.05) is 19.1 Å². The number of halogens is 1. The van der Waals surface area contributed by atoms with Crippen molar-refractivity contribution in [3.63, 3.8) is 0 Å². The molecule has 0 spiro atoms. The third kappa shape index (κ3) is 3.18. The maximum atomic E-state index is 11.6. The molecule has 1 amide bonds. The highest BCUT2D eigenvalue weighted by Crippen LogP contribution is 2.03. The van der Waals surface area contributed by atoms with Gasteiger partial charge in [-0.05, 0) is 6.92 Å². The van der Waals surface area contributed by atoms with Crippen molar-refractivity contribution in [2.45, 2.75) is 19.5 Å². The number of hydrogen-bond donors (Lipinski definition) is 2. The average Bonchev–Trinajstić information content (AvgIpc) is 2.52. The Balaban J connectivity index is 0.00000128. The maximum absolute atomic E-state index is 11.6. The molecule has 1 aromatic heterocycles. The molecule has 0 aromatic carbocycles. The third-order valence-electron chi connectivity index (χ3n) is 2.47. The number of aromatic nitrogens is 3. The first kappa shape index (κ1) is 12.9. The first-order chi connectivity index (χ1) is 7.25. The monoisotopic (exact) mass is 245 g/mol. The minimum absolute atomic E-state index is 0. The first-order valence-electron chi connectivity index (χ1n) is 5.09. The van der Waals surface area contributed by atoms with E-state index in [-0.39, 0.29) is 30.3 Å². The van der Waals surface area contributed by atoms with Crippen LogP contribution in [0, 0.1) is 5.92 Å². The van der Waals surface area contributed by atoms with Crippen LogP contribution in [0.5, 0.6) is 0 Å². The molecule has 1 aromatic rings. The summed E-state index contributed by atoms with van der Waals surface area (Å²) in [5, 5.41) is 10.0. The molecule has 2 N–H and O–H groups in total. The molecule has 1 aliphatic heterocycles. The van der Waals surface area contributed by atoms with Crippen LogP contribution < -0.4 is 10.6 Å². The standard InChI is InChI=1S/C9H15N5O.ClH/c1-7(4-14-6-11-5-12-14)13-9(15)8-2-10-3-8;/h5-8,10H,2-4H2,1H3,(H,13,15);1H. The van der Waals surface area contributed by atoms with Crippen molar-refractivity contribution in [1.29, 1.82) is 0 Å². The van der Waals surface area contributed by atoms with E-state index < -0.39 is 0 Å². The summed E-state index contributed by atoms with van der Waals surface area (Å²) in [4.78, 5) is 15.4. The maximum Gasteiger partial charge on any atom is 0.225 e. The van der Waals surface area contributed by atoms with Gasteiger partial charge in [-0.1, -0.05) is 0 Å². The molecule has 1 aliphatic rings. The van der Waals surface area contributed by atoms with E-state index in [1.807, 2.05) is 6.92 Å². The van der Waals surface area contributed by atoms with Gasteiger partial charge in [0.2, 0.25) is 5.91 Å². The van der Waals surface area contributed by atoms with Gasteiger partial charge in [-0.15, -0.1) is 12.4 Å². The molecule has 2 heterocycles. The van der Waals surface area contributed by atoms with Crippen molar-refractivity contribution in [3.8, 4) is 0 Å². The molecule has 0 radical (unpaired) electrons. The van der Waals surface area contributed by atoms with E-state index in [9.17, 15) is 4.79 Å². The summed E-state index contributed by atoms with van der Waals surface area (Å²) in [6, 6.07) is 0.0831. The van der Waals surface area contributed by atoms with Gasteiger partial charge in [0.15, 0.2) is 0 Å². The zero-order chi connectivity index (χ0) is 10.7. The SMILES string of the molecule is CC(Cn1cncn1)NC(=O)C1CNC1.Cl. The van der Waals surface area contributed by atoms with Crippen molar-refractivity contribution in [2.24, 2.45) is 5.92 Å². The summed E-state index contributed by atoms with van der Waals surface area (Å²) >= 11 is 0. The number of nitrogens with one attached hydrogen (secondary N) is 2. The molecule has 2 rings (SSSR count). The van der Waals surface area contributed by atoms with Gasteiger partial charge in [0.25, 0.3) is 0 Å². The smallest absolute Gasteiger partial charge is 0.225 e. The number of nitrogens with zero attached hydrogens (tertiary/aromatic N) is 3. The van der Waals surface area contributed by atoms with Gasteiger partial charge in [-0.3, -0.25) is 9.48 Å². The normalized spacial score (nSPS) is 17.1. The molecule has 0 aliphatic carbocycles. The predicted molar refractivity (Wildman–Crippen MR) is 61.2 cm³/mol. The Morgan fingerprint density at radius 1 is 1.69 bits per heavy atom. The molecule has 1 unspecified atom stereocenters. The lowest BCUT2D eigenvalue weighted by molar-refractivity contribution is -0.127. The van der Waals surface area contributed by atoms with Crippen LogP contribution in [0.1, 0.15) is 6.92 Å². The molecular weight excluding hydrogens is 230 g/mol. The number of rotatable bonds is 4. The Kier molecular flexibility index (Phi) is 4.70. The van der Waals surface area contributed by atoms with Crippen LogP contribution in [0.2, 0.25) is 0 Å². The third-order valence-corrected chi connectivity index (χ3v) is 2.47. The summed E-state index contributed by atoms with van der Waals surface area (Å²) in [6.45, 7) is 4.21. The minimum Gasteiger partial charge on any atom is -0.351 e. The second-order valence-electron chi connectivity index (χ2n) is 3.88. The molecular formula is C9H16ClN5O. The van der Waals surface area contributed by atoms with E-state index in [0.29, 0.717) is 6.54 Å². The molecule has 1 atom stereocenters. The Hall–Kier alpha value is -1.14. The largest absolute Gasteiger partial charge is 0.351 e. The molecule has 1 fully saturated rings.